The van der Waals surface area contributed by atoms with Crippen LogP contribution >= 0.6 is 39.0 Å². The van der Waals surface area contributed by atoms with Crippen LogP contribution in [0, 0.1) is 6.92 Å². The predicted molar refractivity (Wildman–Crippen MR) is 91.3 cm³/mol. The maximum atomic E-state index is 12.4. The summed E-state index contributed by atoms with van der Waals surface area (Å²) in [6, 6.07) is 1.73. The summed E-state index contributed by atoms with van der Waals surface area (Å²) >= 11 is 6.46. The van der Waals surface area contributed by atoms with E-state index in [4.69, 9.17) is 0 Å². The maximum absolute atomic E-state index is 12.4. The monoisotopic (exact) mass is 397 g/mol. The second-order valence-electron chi connectivity index (χ2n) is 5.29. The molecule has 20 heavy (non-hydrogen) atoms. The Bertz CT molecular complexity index is 543. The average molecular weight is 398 g/mol. The van der Waals surface area contributed by atoms with Gasteiger partial charge < -0.3 is 0 Å². The summed E-state index contributed by atoms with van der Waals surface area (Å²) in [5, 5.41) is 0. The third-order valence-corrected chi connectivity index (χ3v) is 9.31. The van der Waals surface area contributed by atoms with E-state index < -0.39 is 10.0 Å². The second kappa shape index (κ2) is 6.69. The van der Waals surface area contributed by atoms with Crippen molar-refractivity contribution in [2.75, 3.05) is 12.8 Å². The van der Waals surface area contributed by atoms with Crippen molar-refractivity contribution in [3.63, 3.8) is 0 Å². The first kappa shape index (κ1) is 16.8. The molecule has 1 aliphatic rings. The van der Waals surface area contributed by atoms with E-state index in [-0.39, 0.29) is 4.75 Å². The molecule has 0 bridgehead atoms. The van der Waals surface area contributed by atoms with E-state index in [1.807, 2.05) is 6.92 Å². The summed E-state index contributed by atoms with van der Waals surface area (Å²) < 4.78 is 28.9. The van der Waals surface area contributed by atoms with Crippen molar-refractivity contribution in [1.82, 2.24) is 4.72 Å². The normalized spacial score (nSPS) is 19.1. The van der Waals surface area contributed by atoms with Crippen molar-refractivity contribution in [2.24, 2.45) is 0 Å². The molecule has 1 aromatic rings. The highest BCUT2D eigenvalue weighted by Crippen LogP contribution is 2.38. The number of aryl methyl sites for hydroxylation is 1. The number of hydrogen-bond donors (Lipinski definition) is 1. The highest BCUT2D eigenvalue weighted by Gasteiger charge is 2.33. The van der Waals surface area contributed by atoms with Gasteiger partial charge in [0.1, 0.15) is 4.21 Å². The highest BCUT2D eigenvalue weighted by atomic mass is 79.9. The average Bonchev–Trinajstić information content (AvgIpc) is 2.79. The van der Waals surface area contributed by atoms with Crippen molar-refractivity contribution < 1.29 is 8.42 Å². The van der Waals surface area contributed by atoms with Crippen molar-refractivity contribution in [3.8, 4) is 0 Å². The van der Waals surface area contributed by atoms with Crippen LogP contribution in [0.2, 0.25) is 0 Å². The largest absolute Gasteiger partial charge is 0.250 e. The third kappa shape index (κ3) is 3.80. The standard InChI is InChI=1S/C13H20BrNO2S3/c1-10-8-11(19-12(10)14)20(16,17)15-9-13(18-2)6-4-3-5-7-13/h8,15H,3-7,9H2,1-2H3. The Balaban J connectivity index is 2.08. The molecule has 0 spiro atoms. The summed E-state index contributed by atoms with van der Waals surface area (Å²) in [4.78, 5) is 0. The van der Waals surface area contributed by atoms with Crippen molar-refractivity contribution in [3.05, 3.63) is 15.4 Å². The SMILES string of the molecule is CSC1(CNS(=O)(=O)c2cc(C)c(Br)s2)CCCCC1. The van der Waals surface area contributed by atoms with Crippen LogP contribution in [-0.4, -0.2) is 26.0 Å². The summed E-state index contributed by atoms with van der Waals surface area (Å²) in [6.07, 6.45) is 7.96. The number of thioether (sulfide) groups is 1. The molecule has 0 atom stereocenters. The smallest absolute Gasteiger partial charge is 0.209 e. The second-order valence-corrected chi connectivity index (χ2v) is 10.9. The lowest BCUT2D eigenvalue weighted by atomic mass is 9.88. The van der Waals surface area contributed by atoms with Crippen molar-refractivity contribution in [1.29, 1.82) is 0 Å². The fourth-order valence-corrected chi connectivity index (χ4v) is 6.91. The molecule has 1 saturated carbocycles. The van der Waals surface area contributed by atoms with E-state index >= 15 is 0 Å². The minimum atomic E-state index is -3.38. The first-order chi connectivity index (χ1) is 9.38. The molecule has 1 fully saturated rings. The van der Waals surface area contributed by atoms with E-state index in [2.05, 4.69) is 26.9 Å². The van der Waals surface area contributed by atoms with Crippen molar-refractivity contribution >= 4 is 49.1 Å². The number of nitrogens with one attached hydrogen (secondary N) is 1. The molecule has 0 aliphatic heterocycles. The van der Waals surface area contributed by atoms with Crippen LogP contribution in [0.1, 0.15) is 37.7 Å². The Morgan fingerprint density at radius 2 is 2.05 bits per heavy atom. The maximum Gasteiger partial charge on any atom is 0.250 e. The molecule has 1 aromatic heterocycles. The Morgan fingerprint density at radius 1 is 1.40 bits per heavy atom. The van der Waals surface area contributed by atoms with Gasteiger partial charge in [-0.05, 0) is 53.6 Å². The summed E-state index contributed by atoms with van der Waals surface area (Å²) in [7, 11) is -3.38. The lowest BCUT2D eigenvalue weighted by Crippen LogP contribution is -2.41. The predicted octanol–water partition coefficient (Wildman–Crippen LogP) is 4.16. The fourth-order valence-electron chi connectivity index (χ4n) is 2.51. The summed E-state index contributed by atoms with van der Waals surface area (Å²) in [5.74, 6) is 0. The molecule has 0 aromatic carbocycles. The Labute approximate surface area is 138 Å². The lowest BCUT2D eigenvalue weighted by Gasteiger charge is -2.35. The Morgan fingerprint density at radius 3 is 2.55 bits per heavy atom. The zero-order chi connectivity index (χ0) is 14.8. The first-order valence-electron chi connectivity index (χ1n) is 6.69. The van der Waals surface area contributed by atoms with E-state index in [1.54, 1.807) is 17.8 Å². The number of sulfonamides is 1. The van der Waals surface area contributed by atoms with Gasteiger partial charge in [0, 0.05) is 11.3 Å². The highest BCUT2D eigenvalue weighted by molar-refractivity contribution is 9.11. The molecule has 2 rings (SSSR count). The molecule has 0 unspecified atom stereocenters. The van der Waals surface area contributed by atoms with Crippen LogP contribution in [0.3, 0.4) is 0 Å². The first-order valence-corrected chi connectivity index (χ1v) is 11.0. The van der Waals surface area contributed by atoms with Gasteiger partial charge in [-0.25, -0.2) is 13.1 Å². The molecule has 7 heteroatoms. The topological polar surface area (TPSA) is 46.2 Å². The molecule has 0 radical (unpaired) electrons. The van der Waals surface area contributed by atoms with Gasteiger partial charge in [-0.3, -0.25) is 0 Å². The van der Waals surface area contributed by atoms with E-state index in [0.717, 1.165) is 22.2 Å². The van der Waals surface area contributed by atoms with Crippen molar-refractivity contribution in [2.45, 2.75) is 48.0 Å². The summed E-state index contributed by atoms with van der Waals surface area (Å²) in [6.45, 7) is 2.44. The molecule has 0 amide bonds. The van der Waals surface area contributed by atoms with Crippen LogP contribution in [0.5, 0.6) is 0 Å². The zero-order valence-electron chi connectivity index (χ0n) is 11.7. The van der Waals surface area contributed by atoms with Gasteiger partial charge in [-0.15, -0.1) is 11.3 Å². The van der Waals surface area contributed by atoms with Gasteiger partial charge in [0.2, 0.25) is 10.0 Å². The minimum absolute atomic E-state index is 0.0782. The van der Waals surface area contributed by atoms with Crippen LogP contribution in [0.15, 0.2) is 14.1 Å². The van der Waals surface area contributed by atoms with Gasteiger partial charge in [-0.1, -0.05) is 19.3 Å². The number of thiophene rings is 1. The number of halogens is 1. The van der Waals surface area contributed by atoms with Gasteiger partial charge in [0.15, 0.2) is 0 Å². The molecular weight excluding hydrogens is 378 g/mol. The van der Waals surface area contributed by atoms with Crippen LogP contribution < -0.4 is 4.72 Å². The number of hydrogen-bond acceptors (Lipinski definition) is 4. The Kier molecular flexibility index (Phi) is 5.62. The molecule has 0 saturated heterocycles. The molecular formula is C13H20BrNO2S3. The molecule has 1 N–H and O–H groups in total. The van der Waals surface area contributed by atoms with Gasteiger partial charge in [0.25, 0.3) is 0 Å². The quantitative estimate of drug-likeness (QED) is 0.810. The molecule has 1 heterocycles. The Hall–Kier alpha value is 0.440. The van der Waals surface area contributed by atoms with E-state index in [0.29, 0.717) is 10.8 Å². The lowest BCUT2D eigenvalue weighted by molar-refractivity contribution is 0.395. The molecule has 3 nitrogen and oxygen atoms in total. The van der Waals surface area contributed by atoms with E-state index in [9.17, 15) is 8.42 Å². The zero-order valence-corrected chi connectivity index (χ0v) is 15.8. The van der Waals surface area contributed by atoms with Crippen LogP contribution in [0.4, 0.5) is 0 Å². The molecule has 1 aliphatic carbocycles. The van der Waals surface area contributed by atoms with Gasteiger partial charge in [0.05, 0.1) is 3.79 Å². The van der Waals surface area contributed by atoms with E-state index in [1.165, 1.54) is 30.6 Å². The summed E-state index contributed by atoms with van der Waals surface area (Å²) in [5.41, 5.74) is 0.965. The van der Waals surface area contributed by atoms with Gasteiger partial charge in [-0.2, -0.15) is 11.8 Å². The van der Waals surface area contributed by atoms with Crippen LogP contribution in [0.25, 0.3) is 0 Å². The number of rotatable bonds is 5. The van der Waals surface area contributed by atoms with Crippen LogP contribution in [-0.2, 0) is 10.0 Å². The van der Waals surface area contributed by atoms with Gasteiger partial charge >= 0.3 is 0 Å². The third-order valence-electron chi connectivity index (χ3n) is 3.88. The fraction of sp³-hybridized carbons (Fsp3) is 0.692. The minimum Gasteiger partial charge on any atom is -0.209 e. The molecule has 114 valence electrons.